The zero-order valence-electron chi connectivity index (χ0n) is 22.2. The predicted molar refractivity (Wildman–Crippen MR) is 158 cm³/mol. The highest BCUT2D eigenvalue weighted by molar-refractivity contribution is 7.98. The van der Waals surface area contributed by atoms with Crippen LogP contribution >= 0.6 is 11.9 Å². The van der Waals surface area contributed by atoms with Crippen LogP contribution in [0.5, 0.6) is 0 Å². The van der Waals surface area contributed by atoms with Gasteiger partial charge in [0.2, 0.25) is 0 Å². The number of hydrogen-bond donors (Lipinski definition) is 1. The lowest BCUT2D eigenvalue weighted by Crippen LogP contribution is -2.57. The summed E-state index contributed by atoms with van der Waals surface area (Å²) >= 11 is 0.983. The van der Waals surface area contributed by atoms with Gasteiger partial charge in [0.05, 0.1) is 18.0 Å². The number of nitrogens with one attached hydrogen (secondary N) is 1. The maximum Gasteiger partial charge on any atom is 0.164 e. The number of anilines is 3. The average Bonchev–Trinajstić information content (AvgIpc) is 3.59. The molecule has 6 rings (SSSR count). The Morgan fingerprint density at radius 1 is 1.13 bits per heavy atom. The van der Waals surface area contributed by atoms with Crippen LogP contribution in [0.15, 0.2) is 49.1 Å². The highest BCUT2D eigenvalue weighted by atomic mass is 32.2. The zero-order chi connectivity index (χ0) is 26.4. The molecule has 38 heavy (non-hydrogen) atoms. The highest BCUT2D eigenvalue weighted by Gasteiger charge is 2.38. The molecule has 4 heterocycles. The van der Waals surface area contributed by atoms with Crippen LogP contribution in [0.4, 0.5) is 17.3 Å². The van der Waals surface area contributed by atoms with Crippen LogP contribution in [-0.4, -0.2) is 58.5 Å². The number of nitrogens with zero attached hydrogens (tertiary/aromatic N) is 6. The second-order valence-corrected chi connectivity index (χ2v) is 13.4. The summed E-state index contributed by atoms with van der Waals surface area (Å²) in [5.74, 6) is 3.67. The molecule has 1 aliphatic carbocycles. The molecular formula is C28H33N7OS2. The van der Waals surface area contributed by atoms with Crippen LogP contribution in [-0.2, 0) is 11.2 Å². The largest absolute Gasteiger partial charge is 0.617 e. The minimum atomic E-state index is -0.772. The van der Waals surface area contributed by atoms with Crippen molar-refractivity contribution < 1.29 is 4.55 Å². The van der Waals surface area contributed by atoms with E-state index in [1.165, 1.54) is 29.5 Å². The summed E-state index contributed by atoms with van der Waals surface area (Å²) in [4.78, 5) is 16.4. The van der Waals surface area contributed by atoms with Crippen molar-refractivity contribution in [1.82, 2.24) is 24.1 Å². The van der Waals surface area contributed by atoms with Gasteiger partial charge in [-0.3, -0.25) is 0 Å². The van der Waals surface area contributed by atoms with E-state index in [1.807, 2.05) is 28.7 Å². The molecule has 3 aromatic heterocycles. The van der Waals surface area contributed by atoms with Gasteiger partial charge < -0.3 is 14.8 Å². The first kappa shape index (κ1) is 25.5. The van der Waals surface area contributed by atoms with E-state index < -0.39 is 11.2 Å². The molecule has 2 unspecified atom stereocenters. The van der Waals surface area contributed by atoms with Gasteiger partial charge >= 0.3 is 0 Å². The van der Waals surface area contributed by atoms with Gasteiger partial charge in [0.1, 0.15) is 17.4 Å². The van der Waals surface area contributed by atoms with E-state index in [4.69, 9.17) is 9.97 Å². The third-order valence-corrected chi connectivity index (χ3v) is 9.49. The Bertz CT molecular complexity index is 1450. The average molecular weight is 548 g/mol. The molecule has 1 N–H and O–H groups in total. The predicted octanol–water partition coefficient (Wildman–Crippen LogP) is 5.62. The van der Waals surface area contributed by atoms with Crippen LogP contribution in [0, 0.1) is 5.92 Å². The van der Waals surface area contributed by atoms with Crippen molar-refractivity contribution >= 4 is 51.2 Å². The fourth-order valence-corrected chi connectivity index (χ4v) is 6.99. The summed E-state index contributed by atoms with van der Waals surface area (Å²) in [5, 5.41) is 10.9. The van der Waals surface area contributed by atoms with Crippen LogP contribution < -0.4 is 10.2 Å². The lowest BCUT2D eigenvalue weighted by molar-refractivity contribution is 0.342. The van der Waals surface area contributed by atoms with Crippen molar-refractivity contribution in [2.75, 3.05) is 28.8 Å². The fraction of sp³-hybridized carbons (Fsp3) is 0.429. The topological polar surface area (TPSA) is 94.8 Å². The van der Waals surface area contributed by atoms with Gasteiger partial charge in [-0.05, 0) is 66.8 Å². The molecule has 0 spiro atoms. The van der Waals surface area contributed by atoms with E-state index >= 15 is 0 Å². The van der Waals surface area contributed by atoms with Crippen LogP contribution in [0.1, 0.15) is 45.1 Å². The minimum Gasteiger partial charge on any atom is -0.617 e. The number of rotatable bonds is 9. The second kappa shape index (κ2) is 10.4. The Kier molecular flexibility index (Phi) is 6.96. The smallest absolute Gasteiger partial charge is 0.164 e. The Morgan fingerprint density at radius 3 is 2.71 bits per heavy atom. The molecule has 3 atom stereocenters. The van der Waals surface area contributed by atoms with E-state index in [9.17, 15) is 4.55 Å². The highest BCUT2D eigenvalue weighted by Crippen LogP contribution is 2.40. The van der Waals surface area contributed by atoms with Gasteiger partial charge in [-0.25, -0.2) is 19.0 Å². The first-order valence-corrected chi connectivity index (χ1v) is 15.7. The van der Waals surface area contributed by atoms with E-state index in [1.54, 1.807) is 24.4 Å². The molecule has 1 saturated heterocycles. The molecule has 1 aliphatic heterocycles. The minimum absolute atomic E-state index is 0.358. The number of hydrogen-bond acceptors (Lipinski definition) is 8. The quantitative estimate of drug-likeness (QED) is 0.270. The summed E-state index contributed by atoms with van der Waals surface area (Å²) in [6, 6.07) is 8.81. The fourth-order valence-electron chi connectivity index (χ4n) is 5.07. The number of benzene rings is 1. The maximum absolute atomic E-state index is 11.8. The standard InChI is InChI=1S/C28H33N7OS2/c1-17(2)22-7-8-25(34-14-20(18(34)3)16-38(4)36)24-13-30-27(11-23(22)24)32-26-9-10-29-28(33-26)19-12-31-35(15-19)37-21-5-6-21/h7-13,15,17-18,20-21H,5-6,14,16H2,1-4H3,(H,29,30,32,33)/t18?,20-,38?/m0/s1. The van der Waals surface area contributed by atoms with Crippen LogP contribution in [0.25, 0.3) is 22.2 Å². The third kappa shape index (κ3) is 5.21. The van der Waals surface area contributed by atoms with Crippen molar-refractivity contribution in [2.24, 2.45) is 5.92 Å². The van der Waals surface area contributed by atoms with E-state index in [0.29, 0.717) is 34.8 Å². The van der Waals surface area contributed by atoms with Crippen molar-refractivity contribution in [1.29, 1.82) is 0 Å². The van der Waals surface area contributed by atoms with Crippen LogP contribution in [0.2, 0.25) is 0 Å². The lowest BCUT2D eigenvalue weighted by atomic mass is 9.88. The van der Waals surface area contributed by atoms with Crippen molar-refractivity contribution in [3.05, 3.63) is 54.6 Å². The molecule has 2 fully saturated rings. The normalized spacial score (nSPS) is 20.1. The van der Waals surface area contributed by atoms with Crippen molar-refractivity contribution in [3.63, 3.8) is 0 Å². The SMILES string of the molecule is CC(C)c1ccc(N2C[C@@H](C[S+](C)[O-])C2C)c2cnc(Nc3ccnc(-c4cnn(SC5CC5)c4)n3)cc12. The molecule has 0 bridgehead atoms. The molecule has 4 aromatic rings. The molecule has 8 nitrogen and oxygen atoms in total. The zero-order valence-corrected chi connectivity index (χ0v) is 23.8. The first-order chi connectivity index (χ1) is 18.4. The van der Waals surface area contributed by atoms with Crippen molar-refractivity contribution in [2.45, 2.75) is 50.8 Å². The molecule has 0 amide bonds. The Balaban J connectivity index is 1.26. The number of aromatic nitrogens is 5. The summed E-state index contributed by atoms with van der Waals surface area (Å²) in [5.41, 5.74) is 3.38. The first-order valence-electron chi connectivity index (χ1n) is 13.2. The Hall–Kier alpha value is -2.82. The van der Waals surface area contributed by atoms with E-state index in [2.05, 4.69) is 59.3 Å². The van der Waals surface area contributed by atoms with Crippen molar-refractivity contribution in [3.8, 4) is 11.4 Å². The van der Waals surface area contributed by atoms with Gasteiger partial charge in [-0.2, -0.15) is 5.10 Å². The molecule has 198 valence electrons. The molecule has 2 aliphatic rings. The molecule has 1 saturated carbocycles. The summed E-state index contributed by atoms with van der Waals surface area (Å²) in [6.07, 6.45) is 11.9. The van der Waals surface area contributed by atoms with Gasteiger partial charge in [-0.15, -0.1) is 0 Å². The van der Waals surface area contributed by atoms with E-state index in [-0.39, 0.29) is 0 Å². The Labute approximate surface area is 231 Å². The van der Waals surface area contributed by atoms with Gasteiger partial charge in [-0.1, -0.05) is 31.1 Å². The molecule has 10 heteroatoms. The van der Waals surface area contributed by atoms with Crippen LogP contribution in [0.3, 0.4) is 0 Å². The number of pyridine rings is 1. The summed E-state index contributed by atoms with van der Waals surface area (Å²) in [7, 11) is 0. The molecule has 0 radical (unpaired) electrons. The van der Waals surface area contributed by atoms with Gasteiger partial charge in [0.15, 0.2) is 5.82 Å². The summed E-state index contributed by atoms with van der Waals surface area (Å²) < 4.78 is 13.7. The lowest BCUT2D eigenvalue weighted by Gasteiger charge is -2.48. The van der Waals surface area contributed by atoms with Gasteiger partial charge in [0.25, 0.3) is 0 Å². The van der Waals surface area contributed by atoms with E-state index in [0.717, 1.165) is 29.1 Å². The molecule has 1 aromatic carbocycles. The third-order valence-electron chi connectivity index (χ3n) is 7.41. The monoisotopic (exact) mass is 547 g/mol. The summed E-state index contributed by atoms with van der Waals surface area (Å²) in [6.45, 7) is 7.60. The second-order valence-electron chi connectivity index (χ2n) is 10.7. The number of fused-ring (bicyclic) bond motifs is 1. The Morgan fingerprint density at radius 2 is 1.97 bits per heavy atom. The molecular weight excluding hydrogens is 514 g/mol. The van der Waals surface area contributed by atoms with Gasteiger partial charge in [0, 0.05) is 53.4 Å². The maximum atomic E-state index is 11.8.